The van der Waals surface area contributed by atoms with Crippen LogP contribution in [0.2, 0.25) is 0 Å². The van der Waals surface area contributed by atoms with Gasteiger partial charge in [0, 0.05) is 12.0 Å². The second kappa shape index (κ2) is 5.30. The molecular formula is C18H18N2O2. The molecule has 1 aliphatic carbocycles. The summed E-state index contributed by atoms with van der Waals surface area (Å²) in [5, 5.41) is 13.7. The number of carbonyl (C=O) groups is 1. The highest BCUT2D eigenvalue weighted by atomic mass is 16.4. The molecule has 0 atom stereocenters. The molecule has 112 valence electrons. The van der Waals surface area contributed by atoms with E-state index >= 15 is 0 Å². The molecule has 1 aliphatic rings. The lowest BCUT2D eigenvalue weighted by molar-refractivity contribution is 0.0698. The van der Waals surface area contributed by atoms with Crippen LogP contribution in [0.25, 0.3) is 0 Å². The second-order valence-electron chi connectivity index (χ2n) is 6.13. The minimum atomic E-state index is -0.963. The molecule has 0 radical (unpaired) electrons. The molecule has 22 heavy (non-hydrogen) atoms. The van der Waals surface area contributed by atoms with Crippen molar-refractivity contribution in [2.45, 2.75) is 25.7 Å². The smallest absolute Gasteiger partial charge is 0.337 e. The molecule has 0 saturated heterocycles. The van der Waals surface area contributed by atoms with E-state index in [9.17, 15) is 9.90 Å². The first kappa shape index (κ1) is 14.3. The lowest BCUT2D eigenvalue weighted by Crippen LogP contribution is -2.13. The van der Waals surface area contributed by atoms with E-state index in [1.807, 2.05) is 12.1 Å². The average Bonchev–Trinajstić information content (AvgIpc) is 2.77. The Labute approximate surface area is 129 Å². The van der Waals surface area contributed by atoms with Gasteiger partial charge in [-0.25, -0.2) is 4.79 Å². The van der Waals surface area contributed by atoms with Crippen LogP contribution in [-0.2, 0) is 5.41 Å². The number of para-hydroxylation sites is 1. The fourth-order valence-electron chi connectivity index (χ4n) is 2.93. The third kappa shape index (κ3) is 2.48. The van der Waals surface area contributed by atoms with E-state index in [-0.39, 0.29) is 11.0 Å². The van der Waals surface area contributed by atoms with Gasteiger partial charge in [-0.15, -0.1) is 0 Å². The molecule has 0 saturated carbocycles. The van der Waals surface area contributed by atoms with E-state index < -0.39 is 5.97 Å². The van der Waals surface area contributed by atoms with Crippen molar-refractivity contribution in [2.24, 2.45) is 5.10 Å². The minimum Gasteiger partial charge on any atom is -0.478 e. The number of aromatic carboxylic acids is 1. The number of hydrogen-bond donors (Lipinski definition) is 2. The number of nitrogens with one attached hydrogen (secondary N) is 1. The van der Waals surface area contributed by atoms with E-state index in [4.69, 9.17) is 0 Å². The molecule has 0 bridgehead atoms. The molecule has 0 unspecified atom stereocenters. The van der Waals surface area contributed by atoms with E-state index in [1.165, 1.54) is 5.56 Å². The zero-order valence-electron chi connectivity index (χ0n) is 12.6. The van der Waals surface area contributed by atoms with Crippen LogP contribution in [0.15, 0.2) is 53.6 Å². The Morgan fingerprint density at radius 2 is 1.82 bits per heavy atom. The van der Waals surface area contributed by atoms with E-state index in [0.717, 1.165) is 17.7 Å². The van der Waals surface area contributed by atoms with Crippen molar-refractivity contribution >= 4 is 17.4 Å². The topological polar surface area (TPSA) is 61.7 Å². The molecular weight excluding hydrogens is 276 g/mol. The van der Waals surface area contributed by atoms with Gasteiger partial charge in [0.15, 0.2) is 0 Å². The zero-order chi connectivity index (χ0) is 15.7. The first-order valence-corrected chi connectivity index (χ1v) is 7.24. The molecule has 3 rings (SSSR count). The fourth-order valence-corrected chi connectivity index (χ4v) is 2.93. The Kier molecular flexibility index (Phi) is 3.45. The van der Waals surface area contributed by atoms with Crippen molar-refractivity contribution in [3.05, 3.63) is 65.2 Å². The SMILES string of the molecule is CC1(C)C/C(=N\Nc2ccccc2C(=O)O)c2ccccc21. The van der Waals surface area contributed by atoms with Crippen LogP contribution < -0.4 is 5.43 Å². The Morgan fingerprint density at radius 3 is 2.59 bits per heavy atom. The normalized spacial score (nSPS) is 17.3. The minimum absolute atomic E-state index is 0.0451. The maximum atomic E-state index is 11.2. The molecule has 4 nitrogen and oxygen atoms in total. The van der Waals surface area contributed by atoms with E-state index in [1.54, 1.807) is 24.3 Å². The van der Waals surface area contributed by atoms with Gasteiger partial charge in [-0.1, -0.05) is 50.2 Å². The van der Waals surface area contributed by atoms with Gasteiger partial charge < -0.3 is 5.11 Å². The van der Waals surface area contributed by atoms with Crippen LogP contribution in [-0.4, -0.2) is 16.8 Å². The van der Waals surface area contributed by atoms with Crippen LogP contribution in [0.3, 0.4) is 0 Å². The summed E-state index contributed by atoms with van der Waals surface area (Å²) in [7, 11) is 0. The maximum absolute atomic E-state index is 11.2. The van der Waals surface area contributed by atoms with Crippen molar-refractivity contribution < 1.29 is 9.90 Å². The number of benzene rings is 2. The molecule has 2 N–H and O–H groups in total. The fraction of sp³-hybridized carbons (Fsp3) is 0.222. The number of nitrogens with zero attached hydrogens (tertiary/aromatic N) is 1. The van der Waals surface area contributed by atoms with Gasteiger partial charge in [0.05, 0.1) is 17.0 Å². The van der Waals surface area contributed by atoms with Gasteiger partial charge in [-0.3, -0.25) is 5.43 Å². The summed E-state index contributed by atoms with van der Waals surface area (Å²) < 4.78 is 0. The van der Waals surface area contributed by atoms with Crippen LogP contribution in [0.5, 0.6) is 0 Å². The number of anilines is 1. The average molecular weight is 294 g/mol. The number of carboxylic acids is 1. The van der Waals surface area contributed by atoms with Gasteiger partial charge in [0.1, 0.15) is 0 Å². The molecule has 0 aliphatic heterocycles. The second-order valence-corrected chi connectivity index (χ2v) is 6.13. The first-order valence-electron chi connectivity index (χ1n) is 7.24. The highest BCUT2D eigenvalue weighted by Gasteiger charge is 2.33. The van der Waals surface area contributed by atoms with Gasteiger partial charge >= 0.3 is 5.97 Å². The highest BCUT2D eigenvalue weighted by Crippen LogP contribution is 2.38. The number of hydrogen-bond acceptors (Lipinski definition) is 3. The Morgan fingerprint density at radius 1 is 1.14 bits per heavy atom. The van der Waals surface area contributed by atoms with E-state index in [0.29, 0.717) is 5.69 Å². The summed E-state index contributed by atoms with van der Waals surface area (Å²) in [4.78, 5) is 11.2. The zero-order valence-corrected chi connectivity index (χ0v) is 12.6. The van der Waals surface area contributed by atoms with Gasteiger partial charge in [-0.05, 0) is 23.1 Å². The number of carboxylic acid groups (broad SMARTS) is 1. The van der Waals surface area contributed by atoms with Crippen molar-refractivity contribution in [1.82, 2.24) is 0 Å². The lowest BCUT2D eigenvalue weighted by atomic mass is 9.87. The van der Waals surface area contributed by atoms with Crippen LogP contribution in [0.4, 0.5) is 5.69 Å². The third-order valence-corrected chi connectivity index (χ3v) is 4.05. The molecule has 2 aromatic rings. The molecule has 2 aromatic carbocycles. The molecule has 0 aromatic heterocycles. The molecule has 0 spiro atoms. The van der Waals surface area contributed by atoms with Gasteiger partial charge in [-0.2, -0.15) is 5.10 Å². The third-order valence-electron chi connectivity index (χ3n) is 4.05. The van der Waals surface area contributed by atoms with Crippen molar-refractivity contribution in [1.29, 1.82) is 0 Å². The summed E-state index contributed by atoms with van der Waals surface area (Å²) >= 11 is 0. The Bertz CT molecular complexity index is 763. The summed E-state index contributed by atoms with van der Waals surface area (Å²) in [6.45, 7) is 4.39. The first-order chi connectivity index (χ1) is 10.5. The maximum Gasteiger partial charge on any atom is 0.337 e. The predicted molar refractivity (Wildman–Crippen MR) is 87.6 cm³/mol. The predicted octanol–water partition coefficient (Wildman–Crippen LogP) is 3.88. The molecule has 0 amide bonds. The summed E-state index contributed by atoms with van der Waals surface area (Å²) in [6.07, 6.45) is 0.828. The number of rotatable bonds is 3. The van der Waals surface area contributed by atoms with Gasteiger partial charge in [0.2, 0.25) is 0 Å². The quantitative estimate of drug-likeness (QED) is 0.844. The van der Waals surface area contributed by atoms with Crippen LogP contribution in [0.1, 0.15) is 41.8 Å². The Hall–Kier alpha value is -2.62. The molecule has 4 heteroatoms. The number of fused-ring (bicyclic) bond motifs is 1. The van der Waals surface area contributed by atoms with Crippen LogP contribution >= 0.6 is 0 Å². The monoisotopic (exact) mass is 294 g/mol. The van der Waals surface area contributed by atoms with Crippen molar-refractivity contribution in [3.63, 3.8) is 0 Å². The summed E-state index contributed by atoms with van der Waals surface area (Å²) in [6, 6.07) is 15.0. The molecule has 0 fully saturated rings. The summed E-state index contributed by atoms with van der Waals surface area (Å²) in [5.74, 6) is -0.963. The largest absolute Gasteiger partial charge is 0.478 e. The van der Waals surface area contributed by atoms with Crippen molar-refractivity contribution in [3.8, 4) is 0 Å². The lowest BCUT2D eigenvalue weighted by Gasteiger charge is -2.17. The van der Waals surface area contributed by atoms with E-state index in [2.05, 4.69) is 36.5 Å². The standard InChI is InChI=1S/C18H18N2O2/c1-18(2)11-16(12-7-3-5-9-14(12)18)20-19-15-10-6-4-8-13(15)17(21)22/h3-10,19H,11H2,1-2H3,(H,21,22)/b20-16+. The van der Waals surface area contributed by atoms with Gasteiger partial charge in [0.25, 0.3) is 0 Å². The van der Waals surface area contributed by atoms with Crippen molar-refractivity contribution in [2.75, 3.05) is 5.43 Å². The van der Waals surface area contributed by atoms with Crippen LogP contribution in [0, 0.1) is 0 Å². The molecule has 0 heterocycles. The Balaban J connectivity index is 1.94. The highest BCUT2D eigenvalue weighted by molar-refractivity contribution is 6.06. The number of hydrazone groups is 1. The summed E-state index contributed by atoms with van der Waals surface area (Å²) in [5.41, 5.74) is 7.06.